The molecule has 3 N–H and O–H groups in total. The summed E-state index contributed by atoms with van der Waals surface area (Å²) in [6.07, 6.45) is -3.03. The minimum absolute atomic E-state index is 0.126. The largest absolute Gasteiger partial charge is 0.416 e. The first-order valence-corrected chi connectivity index (χ1v) is 11.1. The summed E-state index contributed by atoms with van der Waals surface area (Å²) in [6.45, 7) is 3.64. The summed E-state index contributed by atoms with van der Waals surface area (Å²) in [4.78, 5) is 34.4. The molecule has 12 heteroatoms. The number of carbonyl (C=O) groups is 1. The van der Waals surface area contributed by atoms with Gasteiger partial charge in [0.05, 0.1) is 11.3 Å². The van der Waals surface area contributed by atoms with Crippen LogP contribution in [0.4, 0.5) is 39.7 Å². The summed E-state index contributed by atoms with van der Waals surface area (Å²) in [7, 11) is 1.66. The lowest BCUT2D eigenvalue weighted by atomic mass is 10.0. The van der Waals surface area contributed by atoms with Crippen molar-refractivity contribution >= 4 is 34.4 Å². The van der Waals surface area contributed by atoms with Gasteiger partial charge in [0.25, 0.3) is 5.56 Å². The van der Waals surface area contributed by atoms with Crippen molar-refractivity contribution in [2.45, 2.75) is 26.1 Å². The van der Waals surface area contributed by atoms with E-state index >= 15 is 0 Å². The Labute approximate surface area is 208 Å². The van der Waals surface area contributed by atoms with Crippen molar-refractivity contribution in [1.82, 2.24) is 14.5 Å². The highest BCUT2D eigenvalue weighted by Gasteiger charge is 2.30. The summed E-state index contributed by atoms with van der Waals surface area (Å²) in [6, 6.07) is 8.15. The molecule has 2 aromatic carbocycles. The van der Waals surface area contributed by atoms with Gasteiger partial charge in [-0.15, -0.1) is 0 Å². The molecule has 4 aromatic rings. The molecule has 0 atom stereocenters. The van der Waals surface area contributed by atoms with E-state index in [-0.39, 0.29) is 28.5 Å². The molecule has 0 aliphatic heterocycles. The molecule has 2 heterocycles. The Morgan fingerprint density at radius 2 is 1.81 bits per heavy atom. The molecule has 37 heavy (non-hydrogen) atoms. The number of alkyl halides is 3. The number of fused-ring (bicyclic) bond motifs is 1. The van der Waals surface area contributed by atoms with E-state index < -0.39 is 23.6 Å². The Bertz CT molecular complexity index is 1550. The van der Waals surface area contributed by atoms with Gasteiger partial charge in [-0.2, -0.15) is 18.2 Å². The lowest BCUT2D eigenvalue weighted by Gasteiger charge is -2.16. The van der Waals surface area contributed by atoms with Crippen LogP contribution in [0.1, 0.15) is 25.5 Å². The predicted octanol–water partition coefficient (Wildman–Crippen LogP) is 5.88. The number of urea groups is 1. The normalized spacial score (nSPS) is 11.6. The third-order valence-electron chi connectivity index (χ3n) is 5.49. The zero-order valence-corrected chi connectivity index (χ0v) is 19.9. The van der Waals surface area contributed by atoms with Gasteiger partial charge in [0.2, 0.25) is 5.95 Å². The smallest absolute Gasteiger partial charge is 0.357 e. The average molecular weight is 514 g/mol. The van der Waals surface area contributed by atoms with E-state index in [0.717, 1.165) is 24.3 Å². The summed E-state index contributed by atoms with van der Waals surface area (Å²) in [5, 5.41) is 7.94. The molecular weight excluding hydrogens is 492 g/mol. The number of hydrogen-bond acceptors (Lipinski definition) is 5. The quantitative estimate of drug-likeness (QED) is 0.289. The molecule has 0 saturated heterocycles. The number of anilines is 3. The summed E-state index contributed by atoms with van der Waals surface area (Å²) < 4.78 is 54.9. The Morgan fingerprint density at radius 1 is 1.05 bits per heavy atom. The van der Waals surface area contributed by atoms with Gasteiger partial charge in [-0.1, -0.05) is 12.1 Å². The van der Waals surface area contributed by atoms with Gasteiger partial charge < -0.3 is 16.0 Å². The van der Waals surface area contributed by atoms with Crippen molar-refractivity contribution < 1.29 is 22.4 Å². The molecule has 0 unspecified atom stereocenters. The van der Waals surface area contributed by atoms with Gasteiger partial charge in [-0.3, -0.25) is 9.36 Å². The van der Waals surface area contributed by atoms with Crippen LogP contribution in [0.5, 0.6) is 0 Å². The average Bonchev–Trinajstić information content (AvgIpc) is 2.84. The minimum atomic E-state index is -4.59. The van der Waals surface area contributed by atoms with Crippen LogP contribution in [0, 0.1) is 5.82 Å². The zero-order valence-electron chi connectivity index (χ0n) is 19.9. The number of benzene rings is 2. The molecule has 0 aliphatic carbocycles. The Morgan fingerprint density at radius 3 is 2.49 bits per heavy atom. The number of aromatic nitrogens is 3. The van der Waals surface area contributed by atoms with Crippen LogP contribution in [0.15, 0.2) is 59.5 Å². The van der Waals surface area contributed by atoms with E-state index in [2.05, 4.69) is 25.9 Å². The molecule has 8 nitrogen and oxygen atoms in total. The molecule has 0 saturated carbocycles. The van der Waals surface area contributed by atoms with Gasteiger partial charge >= 0.3 is 12.2 Å². The van der Waals surface area contributed by atoms with Crippen molar-refractivity contribution in [2.75, 3.05) is 23.0 Å². The van der Waals surface area contributed by atoms with E-state index in [1.54, 1.807) is 19.3 Å². The van der Waals surface area contributed by atoms with Gasteiger partial charge in [-0.05, 0) is 55.8 Å². The monoisotopic (exact) mass is 514 g/mol. The van der Waals surface area contributed by atoms with E-state index in [9.17, 15) is 27.2 Å². The van der Waals surface area contributed by atoms with E-state index in [1.165, 1.54) is 22.8 Å². The Kier molecular flexibility index (Phi) is 6.84. The second-order valence-corrected chi connectivity index (χ2v) is 8.40. The highest BCUT2D eigenvalue weighted by atomic mass is 19.4. The van der Waals surface area contributed by atoms with E-state index in [4.69, 9.17) is 0 Å². The van der Waals surface area contributed by atoms with Crippen LogP contribution in [-0.2, 0) is 6.18 Å². The van der Waals surface area contributed by atoms with Crippen LogP contribution >= 0.6 is 0 Å². The number of halogens is 4. The Balaban J connectivity index is 1.68. The predicted molar refractivity (Wildman–Crippen MR) is 133 cm³/mol. The van der Waals surface area contributed by atoms with Crippen molar-refractivity contribution in [3.05, 3.63) is 76.5 Å². The summed E-state index contributed by atoms with van der Waals surface area (Å²) >= 11 is 0. The van der Waals surface area contributed by atoms with Crippen molar-refractivity contribution in [1.29, 1.82) is 0 Å². The lowest BCUT2D eigenvalue weighted by Crippen LogP contribution is -2.25. The number of amides is 2. The molecule has 4 rings (SSSR count). The molecule has 0 bridgehead atoms. The molecule has 0 spiro atoms. The molecule has 2 amide bonds. The zero-order chi connectivity index (χ0) is 26.9. The van der Waals surface area contributed by atoms with Crippen LogP contribution in [0.3, 0.4) is 0 Å². The fourth-order valence-electron chi connectivity index (χ4n) is 3.77. The standard InChI is InChI=1S/C25H22F4N6O2/c1-13(2)35-21-15(12-31-23(30-3)34-21)9-18(22(35)36)14-7-8-19(26)20(10-14)33-24(37)32-17-6-4-5-16(11-17)25(27,28)29/h4-13H,1-3H3,(H,30,31,34)(H2,32,33,37). The van der Waals surface area contributed by atoms with E-state index in [1.807, 2.05) is 13.8 Å². The Hall–Kier alpha value is -4.48. The topological polar surface area (TPSA) is 101 Å². The SMILES string of the molecule is CNc1ncc2cc(-c3ccc(F)c(NC(=O)Nc4cccc(C(F)(F)F)c4)c3)c(=O)n(C(C)C)c2n1. The van der Waals surface area contributed by atoms with Crippen molar-refractivity contribution in [3.63, 3.8) is 0 Å². The lowest BCUT2D eigenvalue weighted by molar-refractivity contribution is -0.137. The number of hydrogen-bond donors (Lipinski definition) is 3. The van der Waals surface area contributed by atoms with Crippen LogP contribution in [0.2, 0.25) is 0 Å². The minimum Gasteiger partial charge on any atom is -0.357 e. The first-order chi connectivity index (χ1) is 17.5. The van der Waals surface area contributed by atoms with Gasteiger partial charge in [0, 0.05) is 35.9 Å². The second kappa shape index (κ2) is 9.88. The molecule has 0 fully saturated rings. The number of pyridine rings is 1. The maximum Gasteiger partial charge on any atom is 0.416 e. The first kappa shape index (κ1) is 25.6. The van der Waals surface area contributed by atoms with Gasteiger partial charge in [-0.25, -0.2) is 14.2 Å². The highest BCUT2D eigenvalue weighted by Crippen LogP contribution is 2.31. The van der Waals surface area contributed by atoms with Crippen molar-refractivity contribution in [3.8, 4) is 11.1 Å². The third-order valence-corrected chi connectivity index (χ3v) is 5.49. The molecule has 192 valence electrons. The van der Waals surface area contributed by atoms with Crippen molar-refractivity contribution in [2.24, 2.45) is 0 Å². The fourth-order valence-corrected chi connectivity index (χ4v) is 3.77. The number of rotatable bonds is 5. The van der Waals surface area contributed by atoms with E-state index in [0.29, 0.717) is 22.5 Å². The molecule has 0 aliphatic rings. The maximum atomic E-state index is 14.5. The second-order valence-electron chi connectivity index (χ2n) is 8.40. The molecule has 2 aromatic heterocycles. The van der Waals surface area contributed by atoms with Gasteiger partial charge in [0.15, 0.2) is 0 Å². The van der Waals surface area contributed by atoms with Gasteiger partial charge in [0.1, 0.15) is 11.5 Å². The maximum absolute atomic E-state index is 14.5. The summed E-state index contributed by atoms with van der Waals surface area (Å²) in [5.41, 5.74) is -0.753. The van der Waals surface area contributed by atoms with Crippen LogP contribution < -0.4 is 21.5 Å². The fraction of sp³-hybridized carbons (Fsp3) is 0.200. The van der Waals surface area contributed by atoms with Crippen LogP contribution in [-0.4, -0.2) is 27.6 Å². The molecular formula is C25H22F4N6O2. The third kappa shape index (κ3) is 5.37. The summed E-state index contributed by atoms with van der Waals surface area (Å²) in [5.74, 6) is -0.455. The number of nitrogens with one attached hydrogen (secondary N) is 3. The number of nitrogens with zero attached hydrogens (tertiary/aromatic N) is 3. The number of carbonyl (C=O) groups excluding carboxylic acids is 1. The highest BCUT2D eigenvalue weighted by molar-refractivity contribution is 6.00. The first-order valence-electron chi connectivity index (χ1n) is 11.1. The molecule has 0 radical (unpaired) electrons. The van der Waals surface area contributed by atoms with Crippen LogP contribution in [0.25, 0.3) is 22.2 Å².